The van der Waals surface area contributed by atoms with Crippen molar-refractivity contribution in [3.63, 3.8) is 0 Å². The summed E-state index contributed by atoms with van der Waals surface area (Å²) in [6, 6.07) is 39.9. The second-order valence-electron chi connectivity index (χ2n) is 6.67. The minimum Gasteiger partial charge on any atom is -0.358 e. The van der Waals surface area contributed by atoms with Crippen LogP contribution in [0.5, 0.6) is 0 Å². The Labute approximate surface area is 208 Å². The van der Waals surface area contributed by atoms with Crippen molar-refractivity contribution in [2.45, 2.75) is 0 Å². The van der Waals surface area contributed by atoms with Crippen LogP contribution in [0.4, 0.5) is 0 Å². The summed E-state index contributed by atoms with van der Waals surface area (Å²) in [5.41, 5.74) is 2.09. The van der Waals surface area contributed by atoms with E-state index in [0.717, 1.165) is 5.56 Å². The smallest absolute Gasteiger partial charge is 0.358 e. The fourth-order valence-corrected chi connectivity index (χ4v) is 5.67. The molecule has 0 spiro atoms. The molecular weight excluding hydrogens is 588 g/mol. The van der Waals surface area contributed by atoms with E-state index in [1.54, 1.807) is 0 Å². The fourth-order valence-electron chi connectivity index (χ4n) is 3.12. The molecule has 4 aromatic carbocycles. The van der Waals surface area contributed by atoms with Crippen LogP contribution >= 0.6 is 7.92 Å². The summed E-state index contributed by atoms with van der Waals surface area (Å²) in [6.45, 7) is 3.83. The molecule has 0 atom stereocenters. The van der Waals surface area contributed by atoms with E-state index < -0.39 is 7.92 Å². The van der Waals surface area contributed by atoms with Crippen molar-refractivity contribution < 1.29 is 22.4 Å². The van der Waals surface area contributed by atoms with Crippen molar-refractivity contribution in [2.24, 2.45) is 0 Å². The second-order valence-corrected chi connectivity index (χ2v) is 9.16. The molecule has 0 aliphatic rings. The van der Waals surface area contributed by atoms with Gasteiger partial charge in [0.1, 0.15) is 15.9 Å². The second kappa shape index (κ2) is 14.1. The largest absolute Gasteiger partial charge is 1.00 e. The zero-order chi connectivity index (χ0) is 21.7. The first-order chi connectivity index (χ1) is 15.3. The van der Waals surface area contributed by atoms with Gasteiger partial charge >= 0.3 is 22.4 Å². The topological polar surface area (TPSA) is 0 Å². The average molecular weight is 611 g/mol. The van der Waals surface area contributed by atoms with Crippen molar-refractivity contribution >= 4 is 29.9 Å². The maximum Gasteiger partial charge on any atom is 1.00 e. The summed E-state index contributed by atoms with van der Waals surface area (Å²) in [4.78, 5) is 0. The first-order valence-electron chi connectivity index (χ1n) is 10.0. The van der Waals surface area contributed by atoms with Crippen LogP contribution < -0.4 is 15.9 Å². The molecule has 0 aromatic heterocycles. The number of rotatable bonds is 4. The van der Waals surface area contributed by atoms with Crippen molar-refractivity contribution in [3.05, 3.63) is 139 Å². The average Bonchev–Trinajstić information content (AvgIpc) is 2.86. The maximum absolute atomic E-state index is 6.53. The molecule has 0 fully saturated rings. The van der Waals surface area contributed by atoms with E-state index in [1.807, 2.05) is 42.3 Å². The van der Waals surface area contributed by atoms with E-state index in [0.29, 0.717) is 0 Å². The van der Waals surface area contributed by atoms with Crippen LogP contribution in [0.1, 0.15) is 11.1 Å². The van der Waals surface area contributed by atoms with Gasteiger partial charge in [0.25, 0.3) is 0 Å². The van der Waals surface area contributed by atoms with Crippen molar-refractivity contribution in [2.75, 3.05) is 0 Å². The molecule has 4 rings (SSSR count). The van der Waals surface area contributed by atoms with Gasteiger partial charge in [-0.15, -0.1) is 0 Å². The van der Waals surface area contributed by atoms with E-state index in [2.05, 4.69) is 103 Å². The fraction of sp³-hybridized carbons (Fsp3) is 0. The minimum atomic E-state index is -0.936. The Hall–Kier alpha value is -3.09. The summed E-state index contributed by atoms with van der Waals surface area (Å²) in [6.07, 6.45) is 8.42. The maximum atomic E-state index is 6.53. The zero-order valence-corrected chi connectivity index (χ0v) is 20.7. The summed E-state index contributed by atoms with van der Waals surface area (Å²) >= 11 is 0. The summed E-state index contributed by atoms with van der Waals surface area (Å²) in [5, 5.41) is 4.24. The third kappa shape index (κ3) is 7.55. The van der Waals surface area contributed by atoms with Crippen LogP contribution in [0.15, 0.2) is 122 Å². The Morgan fingerprint density at radius 1 is 0.625 bits per heavy atom. The number of hydrogen-bond acceptors (Lipinski definition) is 0. The molecule has 0 N–H and O–H groups in total. The molecule has 0 nitrogen and oxygen atoms in total. The Morgan fingerprint density at radius 2 is 1.06 bits per heavy atom. The van der Waals surface area contributed by atoms with Gasteiger partial charge in [-0.2, -0.15) is 5.92 Å². The first-order valence-corrected chi connectivity index (χ1v) is 11.5. The third-order valence-corrected chi connectivity index (χ3v) is 7.34. The predicted octanol–water partition coefficient (Wildman–Crippen LogP) is 5.45. The van der Waals surface area contributed by atoms with Crippen molar-refractivity contribution in [1.29, 1.82) is 0 Å². The van der Waals surface area contributed by atoms with Crippen LogP contribution in [0.3, 0.4) is 0 Å². The molecule has 0 aliphatic carbocycles. The van der Waals surface area contributed by atoms with Gasteiger partial charge in [-0.25, -0.2) is 5.92 Å². The van der Waals surface area contributed by atoms with E-state index in [-0.39, 0.29) is 22.4 Å². The standard InChI is InChI=1S/C20H17P.C10H5.Au/c1-2-17-13-15-20(16-14-17)21(18-9-5-3-6-10-18)19-11-7-4-8-12-19;1-2-3-7-10-8-5-4-6-9-10;/h2-16H,1H2;4-6,8-9H;/q;-1;+1/p+1. The van der Waals surface area contributed by atoms with E-state index >= 15 is 0 Å². The van der Waals surface area contributed by atoms with Gasteiger partial charge in [0.15, 0.2) is 0 Å². The number of benzene rings is 4. The van der Waals surface area contributed by atoms with Gasteiger partial charge in [-0.1, -0.05) is 79.4 Å². The molecule has 2 heteroatoms. The van der Waals surface area contributed by atoms with E-state index in [4.69, 9.17) is 6.42 Å². The number of hydrogen-bond donors (Lipinski definition) is 0. The molecule has 0 bridgehead atoms. The van der Waals surface area contributed by atoms with Gasteiger partial charge in [0.05, 0.1) is 7.92 Å². The van der Waals surface area contributed by atoms with Crippen molar-refractivity contribution in [1.82, 2.24) is 0 Å². The molecule has 0 radical (unpaired) electrons. The normalized spacial score (nSPS) is 9.12. The van der Waals surface area contributed by atoms with Gasteiger partial charge in [-0.3, -0.25) is 5.92 Å². The summed E-state index contributed by atoms with van der Waals surface area (Å²) < 4.78 is 0. The monoisotopic (exact) mass is 611 g/mol. The molecule has 0 unspecified atom stereocenters. The van der Waals surface area contributed by atoms with Gasteiger partial charge < -0.3 is 6.42 Å². The van der Waals surface area contributed by atoms with Gasteiger partial charge in [0, 0.05) is 5.56 Å². The third-order valence-electron chi connectivity index (χ3n) is 4.60. The molecule has 0 heterocycles. The molecule has 0 aliphatic heterocycles. The van der Waals surface area contributed by atoms with E-state index in [9.17, 15) is 0 Å². The molecule has 0 saturated carbocycles. The van der Waals surface area contributed by atoms with Crippen LogP contribution in [-0.4, -0.2) is 0 Å². The van der Waals surface area contributed by atoms with Crippen LogP contribution in [-0.2, 0) is 22.4 Å². The molecular formula is C30H23AuP+. The summed E-state index contributed by atoms with van der Waals surface area (Å²) in [5.74, 6) is 7.18. The molecule has 158 valence electrons. The predicted molar refractivity (Wildman–Crippen MR) is 137 cm³/mol. The van der Waals surface area contributed by atoms with Crippen LogP contribution in [0, 0.1) is 24.2 Å². The Balaban J connectivity index is 0.000000280. The van der Waals surface area contributed by atoms with Crippen LogP contribution in [0.25, 0.3) is 6.08 Å². The SMILES string of the molecule is C=Cc1ccc([PH+](c2ccccc2)c2ccccc2)cc1.[Au+].[C-]#CC#Cc1ccccc1. The van der Waals surface area contributed by atoms with Crippen molar-refractivity contribution in [3.8, 4) is 17.8 Å². The molecule has 32 heavy (non-hydrogen) atoms. The quantitative estimate of drug-likeness (QED) is 0.125. The van der Waals surface area contributed by atoms with Gasteiger partial charge in [0.2, 0.25) is 0 Å². The summed E-state index contributed by atoms with van der Waals surface area (Å²) in [7, 11) is -0.936. The van der Waals surface area contributed by atoms with E-state index in [1.165, 1.54) is 21.5 Å². The zero-order valence-electron chi connectivity index (χ0n) is 17.6. The van der Waals surface area contributed by atoms with Gasteiger partial charge in [-0.05, 0) is 54.1 Å². The van der Waals surface area contributed by atoms with Crippen LogP contribution in [0.2, 0.25) is 0 Å². The Morgan fingerprint density at radius 3 is 1.50 bits per heavy atom. The molecule has 4 aromatic rings. The molecule has 0 amide bonds. The Bertz CT molecular complexity index is 1140. The first kappa shape index (κ1) is 25.2. The molecule has 0 saturated heterocycles. The Kier molecular flexibility index (Phi) is 11.1. The minimum absolute atomic E-state index is 0.